The van der Waals surface area contributed by atoms with Gasteiger partial charge in [0.2, 0.25) is 5.95 Å². The number of halogens is 2. The summed E-state index contributed by atoms with van der Waals surface area (Å²) >= 11 is 12.0. The highest BCUT2D eigenvalue weighted by molar-refractivity contribution is 6.31. The van der Waals surface area contributed by atoms with E-state index in [2.05, 4.69) is 25.8 Å². The van der Waals surface area contributed by atoms with Crippen LogP contribution < -0.4 is 10.6 Å². The molecule has 0 spiro atoms. The molecule has 122 valence electrons. The second-order valence-corrected chi connectivity index (χ2v) is 6.03. The summed E-state index contributed by atoms with van der Waals surface area (Å²) in [6.07, 6.45) is 1.56. The predicted octanol–water partition coefficient (Wildman–Crippen LogP) is 4.84. The van der Waals surface area contributed by atoms with Crippen molar-refractivity contribution < 1.29 is 0 Å². The Bertz CT molecular complexity index is 837. The first-order valence-electron chi connectivity index (χ1n) is 7.32. The van der Waals surface area contributed by atoms with Crippen molar-refractivity contribution in [1.82, 2.24) is 15.2 Å². The fourth-order valence-corrected chi connectivity index (χ4v) is 2.40. The first kappa shape index (κ1) is 16.5. The monoisotopic (exact) mass is 359 g/mol. The summed E-state index contributed by atoms with van der Waals surface area (Å²) in [5.41, 5.74) is 2.91. The molecule has 0 saturated carbocycles. The third-order valence-corrected chi connectivity index (χ3v) is 4.11. The molecule has 3 rings (SSSR count). The van der Waals surface area contributed by atoms with E-state index in [0.29, 0.717) is 28.4 Å². The molecule has 0 fully saturated rings. The molecular weight excluding hydrogens is 345 g/mol. The third-order valence-electron chi connectivity index (χ3n) is 3.45. The van der Waals surface area contributed by atoms with E-state index in [0.717, 1.165) is 16.8 Å². The zero-order valence-corrected chi connectivity index (χ0v) is 14.4. The Hall–Kier alpha value is -2.37. The third kappa shape index (κ3) is 4.13. The van der Waals surface area contributed by atoms with Gasteiger partial charge in [0, 0.05) is 22.3 Å². The van der Waals surface area contributed by atoms with Crippen LogP contribution in [0.3, 0.4) is 0 Å². The molecule has 1 aromatic heterocycles. The van der Waals surface area contributed by atoms with E-state index in [1.807, 2.05) is 49.4 Å². The average molecular weight is 360 g/mol. The van der Waals surface area contributed by atoms with Crippen molar-refractivity contribution in [2.24, 2.45) is 0 Å². The van der Waals surface area contributed by atoms with E-state index in [9.17, 15) is 0 Å². The van der Waals surface area contributed by atoms with Gasteiger partial charge in [0.05, 0.1) is 6.20 Å². The van der Waals surface area contributed by atoms with Gasteiger partial charge in [-0.2, -0.15) is 10.1 Å². The Morgan fingerprint density at radius 3 is 2.62 bits per heavy atom. The molecule has 0 aliphatic carbocycles. The van der Waals surface area contributed by atoms with Crippen molar-refractivity contribution in [1.29, 1.82) is 0 Å². The van der Waals surface area contributed by atoms with Crippen LogP contribution in [-0.2, 0) is 6.54 Å². The Labute approximate surface area is 150 Å². The minimum absolute atomic E-state index is 0.439. The summed E-state index contributed by atoms with van der Waals surface area (Å²) < 4.78 is 0. The number of hydrogen-bond donors (Lipinski definition) is 2. The molecule has 3 aromatic rings. The number of hydrogen-bond acceptors (Lipinski definition) is 5. The highest BCUT2D eigenvalue weighted by atomic mass is 35.5. The van der Waals surface area contributed by atoms with Crippen molar-refractivity contribution >= 4 is 40.7 Å². The summed E-state index contributed by atoms with van der Waals surface area (Å²) in [6.45, 7) is 2.53. The number of nitrogens with one attached hydrogen (secondary N) is 2. The second-order valence-electron chi connectivity index (χ2n) is 5.18. The van der Waals surface area contributed by atoms with E-state index in [4.69, 9.17) is 23.2 Å². The van der Waals surface area contributed by atoms with E-state index in [-0.39, 0.29) is 0 Å². The molecule has 7 heteroatoms. The van der Waals surface area contributed by atoms with Crippen LogP contribution in [0.1, 0.15) is 11.1 Å². The van der Waals surface area contributed by atoms with Gasteiger partial charge in [-0.1, -0.05) is 41.4 Å². The Morgan fingerprint density at radius 1 is 1.04 bits per heavy atom. The summed E-state index contributed by atoms with van der Waals surface area (Å²) in [5, 5.41) is 15.7. The lowest BCUT2D eigenvalue weighted by Gasteiger charge is -2.10. The van der Waals surface area contributed by atoms with Crippen LogP contribution in [0.25, 0.3) is 0 Å². The van der Waals surface area contributed by atoms with E-state index in [1.54, 1.807) is 6.20 Å². The van der Waals surface area contributed by atoms with Crippen LogP contribution in [0.15, 0.2) is 48.7 Å². The van der Waals surface area contributed by atoms with Gasteiger partial charge in [0.1, 0.15) is 0 Å². The quantitative estimate of drug-likeness (QED) is 0.682. The van der Waals surface area contributed by atoms with Gasteiger partial charge in [0.25, 0.3) is 0 Å². The van der Waals surface area contributed by atoms with Crippen LogP contribution in [0.2, 0.25) is 10.0 Å². The summed E-state index contributed by atoms with van der Waals surface area (Å²) in [7, 11) is 0. The number of nitrogens with zero attached hydrogens (tertiary/aromatic N) is 3. The molecule has 0 unspecified atom stereocenters. The van der Waals surface area contributed by atoms with Crippen LogP contribution >= 0.6 is 23.2 Å². The average Bonchev–Trinajstić information content (AvgIpc) is 2.59. The number of benzene rings is 2. The fourth-order valence-electron chi connectivity index (χ4n) is 2.10. The van der Waals surface area contributed by atoms with Crippen molar-refractivity contribution in [2.45, 2.75) is 13.5 Å². The van der Waals surface area contributed by atoms with Gasteiger partial charge in [0.15, 0.2) is 5.82 Å². The second kappa shape index (κ2) is 7.47. The molecule has 0 saturated heterocycles. The molecule has 0 aliphatic heterocycles. The van der Waals surface area contributed by atoms with Gasteiger partial charge < -0.3 is 10.6 Å². The number of aromatic nitrogens is 3. The summed E-state index contributed by atoms with van der Waals surface area (Å²) in [5.74, 6) is 1.03. The standard InChI is InChI=1S/C17H15Cl2N5/c1-11-14(19)3-2-4-15(11)22-16-10-21-24-17(23-16)20-9-12-5-7-13(18)8-6-12/h2-8,10H,9H2,1H3,(H2,20,22,23,24). The topological polar surface area (TPSA) is 62.7 Å². The maximum Gasteiger partial charge on any atom is 0.244 e. The van der Waals surface area contributed by atoms with Gasteiger partial charge in [-0.25, -0.2) is 0 Å². The molecule has 0 radical (unpaired) electrons. The molecule has 0 amide bonds. The number of rotatable bonds is 5. The Balaban J connectivity index is 1.69. The van der Waals surface area contributed by atoms with Crippen LogP contribution in [0.5, 0.6) is 0 Å². The largest absolute Gasteiger partial charge is 0.349 e. The van der Waals surface area contributed by atoms with Gasteiger partial charge in [-0.3, -0.25) is 0 Å². The minimum Gasteiger partial charge on any atom is -0.349 e. The van der Waals surface area contributed by atoms with Crippen molar-refractivity contribution in [3.8, 4) is 0 Å². The van der Waals surface area contributed by atoms with E-state index < -0.39 is 0 Å². The van der Waals surface area contributed by atoms with Crippen LogP contribution in [-0.4, -0.2) is 15.2 Å². The minimum atomic E-state index is 0.439. The summed E-state index contributed by atoms with van der Waals surface area (Å²) in [4.78, 5) is 4.41. The molecule has 24 heavy (non-hydrogen) atoms. The van der Waals surface area contributed by atoms with Crippen molar-refractivity contribution in [2.75, 3.05) is 10.6 Å². The highest BCUT2D eigenvalue weighted by Gasteiger charge is 2.05. The molecule has 1 heterocycles. The smallest absolute Gasteiger partial charge is 0.244 e. The lowest BCUT2D eigenvalue weighted by atomic mass is 10.2. The first-order valence-corrected chi connectivity index (χ1v) is 8.07. The lowest BCUT2D eigenvalue weighted by Crippen LogP contribution is -2.06. The molecule has 0 bridgehead atoms. The number of anilines is 3. The molecule has 0 atom stereocenters. The molecule has 5 nitrogen and oxygen atoms in total. The maximum absolute atomic E-state index is 6.13. The predicted molar refractivity (Wildman–Crippen MR) is 98.1 cm³/mol. The Kier molecular flexibility index (Phi) is 5.13. The normalized spacial score (nSPS) is 10.5. The van der Waals surface area contributed by atoms with Gasteiger partial charge in [-0.05, 0) is 42.3 Å². The van der Waals surface area contributed by atoms with Crippen LogP contribution in [0, 0.1) is 6.92 Å². The van der Waals surface area contributed by atoms with Gasteiger partial charge >= 0.3 is 0 Å². The maximum atomic E-state index is 6.13. The molecule has 2 N–H and O–H groups in total. The zero-order valence-electron chi connectivity index (χ0n) is 12.9. The molecule has 2 aromatic carbocycles. The van der Waals surface area contributed by atoms with Crippen molar-refractivity contribution in [3.05, 3.63) is 69.8 Å². The fraction of sp³-hybridized carbons (Fsp3) is 0.118. The lowest BCUT2D eigenvalue weighted by molar-refractivity contribution is 0.948. The zero-order chi connectivity index (χ0) is 16.9. The first-order chi connectivity index (χ1) is 11.6. The molecule has 0 aliphatic rings. The van der Waals surface area contributed by atoms with E-state index in [1.165, 1.54) is 0 Å². The van der Waals surface area contributed by atoms with Gasteiger partial charge in [-0.15, -0.1) is 5.10 Å². The SMILES string of the molecule is Cc1c(Cl)cccc1Nc1cnnc(NCc2ccc(Cl)cc2)n1. The van der Waals surface area contributed by atoms with Crippen LogP contribution in [0.4, 0.5) is 17.5 Å². The highest BCUT2D eigenvalue weighted by Crippen LogP contribution is 2.25. The Morgan fingerprint density at radius 2 is 1.83 bits per heavy atom. The van der Waals surface area contributed by atoms with Crippen molar-refractivity contribution in [3.63, 3.8) is 0 Å². The van der Waals surface area contributed by atoms with E-state index >= 15 is 0 Å². The molecular formula is C17H15Cl2N5. The summed E-state index contributed by atoms with van der Waals surface area (Å²) in [6, 6.07) is 13.2.